The average Bonchev–Trinajstić information content (AvgIpc) is 3.30. The number of halogens is 2. The van der Waals surface area contributed by atoms with Crippen LogP contribution in [0.1, 0.15) is 9.67 Å². The van der Waals surface area contributed by atoms with Gasteiger partial charge in [0.25, 0.3) is 5.91 Å². The smallest absolute Gasteiger partial charge is 0.338 e. The Morgan fingerprint density at radius 3 is 2.37 bits per heavy atom. The average molecular weight is 550 g/mol. The first-order valence-corrected chi connectivity index (χ1v) is 11.9. The van der Waals surface area contributed by atoms with Crippen LogP contribution in [0, 0.1) is 0 Å². The summed E-state index contributed by atoms with van der Waals surface area (Å²) in [5.41, 5.74) is 0.967. The van der Waals surface area contributed by atoms with Crippen molar-refractivity contribution in [1.82, 2.24) is 10.3 Å². The largest absolute Gasteiger partial charge is 0.493 e. The number of urea groups is 1. The van der Waals surface area contributed by atoms with Gasteiger partial charge in [-0.1, -0.05) is 36.0 Å². The Morgan fingerprint density at radius 2 is 1.71 bits per heavy atom. The van der Waals surface area contributed by atoms with E-state index in [0.29, 0.717) is 48.8 Å². The van der Waals surface area contributed by atoms with Crippen molar-refractivity contribution >= 4 is 75.9 Å². The van der Waals surface area contributed by atoms with Crippen LogP contribution in [0.4, 0.5) is 10.5 Å². The van der Waals surface area contributed by atoms with Gasteiger partial charge in [0.2, 0.25) is 0 Å². The van der Waals surface area contributed by atoms with Gasteiger partial charge in [-0.05, 0) is 42.5 Å². The minimum Gasteiger partial charge on any atom is -0.493 e. The Kier molecular flexibility index (Phi) is 7.56. The lowest BCUT2D eigenvalue weighted by Gasteiger charge is -2.17. The third-order valence-corrected chi connectivity index (χ3v) is 6.73. The van der Waals surface area contributed by atoms with Crippen molar-refractivity contribution in [3.63, 3.8) is 0 Å². The summed E-state index contributed by atoms with van der Waals surface area (Å²) in [5, 5.41) is 3.15. The van der Waals surface area contributed by atoms with E-state index in [0.717, 1.165) is 15.6 Å². The molecule has 35 heavy (non-hydrogen) atoms. The normalized spacial score (nSPS) is 10.7. The van der Waals surface area contributed by atoms with Gasteiger partial charge in [0.15, 0.2) is 11.5 Å². The fourth-order valence-electron chi connectivity index (χ4n) is 3.12. The molecule has 0 aliphatic rings. The number of carbonyl (C=O) groups excluding carboxylic acids is 2. The van der Waals surface area contributed by atoms with Gasteiger partial charge in [-0.25, -0.2) is 9.10 Å². The summed E-state index contributed by atoms with van der Waals surface area (Å²) in [4.78, 5) is 29.3. The van der Waals surface area contributed by atoms with E-state index >= 15 is 0 Å². The van der Waals surface area contributed by atoms with Crippen LogP contribution in [0.25, 0.3) is 10.9 Å². The maximum atomic E-state index is 12.5. The number of aromatic nitrogens is 1. The molecule has 2 aromatic carbocycles. The summed E-state index contributed by atoms with van der Waals surface area (Å²) < 4.78 is 18.1. The molecule has 0 saturated carbocycles. The Hall–Kier alpha value is -3.18. The number of thiophene rings is 1. The van der Waals surface area contributed by atoms with Crippen LogP contribution in [0.3, 0.4) is 0 Å². The number of methoxy groups -OCH3 is 2. The first-order valence-electron chi connectivity index (χ1n) is 9.88. The second-order valence-electron chi connectivity index (χ2n) is 6.93. The summed E-state index contributed by atoms with van der Waals surface area (Å²) in [7, 11) is 3.09. The van der Waals surface area contributed by atoms with E-state index < -0.39 is 11.9 Å². The summed E-state index contributed by atoms with van der Waals surface area (Å²) in [6.07, 6.45) is 1.60. The van der Waals surface area contributed by atoms with Crippen LogP contribution >= 0.6 is 47.4 Å². The van der Waals surface area contributed by atoms with Crippen LogP contribution in [0.2, 0.25) is 9.36 Å². The lowest BCUT2D eigenvalue weighted by atomic mass is 10.2. The Balaban J connectivity index is 1.54. The lowest BCUT2D eigenvalue weighted by Crippen LogP contribution is -2.38. The fourth-order valence-corrected chi connectivity index (χ4v) is 4.45. The third-order valence-electron chi connectivity index (χ3n) is 4.80. The van der Waals surface area contributed by atoms with Crippen LogP contribution in [-0.2, 0) is 0 Å². The number of hydrogen-bond acceptors (Lipinski definition) is 8. The molecule has 0 bridgehead atoms. The van der Waals surface area contributed by atoms with Crippen LogP contribution in [-0.4, -0.2) is 31.1 Å². The number of benzene rings is 2. The number of amides is 3. The Morgan fingerprint density at radius 1 is 0.971 bits per heavy atom. The molecule has 2 aromatic heterocycles. The molecular formula is C23H17Cl2N3O5S2. The van der Waals surface area contributed by atoms with E-state index in [2.05, 4.69) is 23.1 Å². The van der Waals surface area contributed by atoms with E-state index in [-0.39, 0.29) is 5.02 Å². The molecule has 3 amide bonds. The van der Waals surface area contributed by atoms with Gasteiger partial charge in [0.05, 0.1) is 39.7 Å². The molecule has 0 spiro atoms. The molecule has 0 fully saturated rings. The zero-order chi connectivity index (χ0) is 25.1. The summed E-state index contributed by atoms with van der Waals surface area (Å²) in [5.74, 6) is 1.30. The van der Waals surface area contributed by atoms with Crippen LogP contribution < -0.4 is 23.8 Å². The quantitative estimate of drug-likeness (QED) is 0.263. The number of fused-ring (bicyclic) bond motifs is 1. The molecule has 0 radical (unpaired) electrons. The number of imide groups is 1. The van der Waals surface area contributed by atoms with Gasteiger partial charge >= 0.3 is 6.03 Å². The Labute approximate surface area is 219 Å². The molecule has 0 unspecified atom stereocenters. The van der Waals surface area contributed by atoms with Crippen molar-refractivity contribution in [3.8, 4) is 23.0 Å². The predicted molar refractivity (Wildman–Crippen MR) is 140 cm³/mol. The monoisotopic (exact) mass is 549 g/mol. The summed E-state index contributed by atoms with van der Waals surface area (Å²) in [6.45, 7) is 0. The van der Waals surface area contributed by atoms with E-state index in [9.17, 15) is 9.59 Å². The molecule has 180 valence electrons. The minimum absolute atomic E-state index is 0.219. The van der Waals surface area contributed by atoms with Crippen molar-refractivity contribution in [2.24, 2.45) is 0 Å². The number of hydrogen-bond donors (Lipinski definition) is 2. The van der Waals surface area contributed by atoms with Gasteiger partial charge in [-0.2, -0.15) is 0 Å². The molecule has 0 atom stereocenters. The maximum Gasteiger partial charge on any atom is 0.338 e. The highest BCUT2D eigenvalue weighted by molar-refractivity contribution is 7.82. The van der Waals surface area contributed by atoms with Gasteiger partial charge in [0, 0.05) is 17.6 Å². The molecule has 12 heteroatoms. The molecule has 0 aliphatic heterocycles. The van der Waals surface area contributed by atoms with Gasteiger partial charge in [0.1, 0.15) is 11.5 Å². The number of ether oxygens (including phenoxy) is 3. The standard InChI is InChI=1S/C23H17Cl2N3O5S2/c1-31-18-10-13-15(11-19(18)32-2)26-8-7-16(13)33-17-4-3-12(9-14(17)24)28(34)23(30)27-22(29)20-5-6-21(25)35-20/h3-11,34H,1-2H3,(H,27,29,30). The number of thiol groups is 1. The third kappa shape index (κ3) is 5.40. The molecule has 4 aromatic rings. The predicted octanol–water partition coefficient (Wildman–Crippen LogP) is 6.61. The van der Waals surface area contributed by atoms with Gasteiger partial charge < -0.3 is 14.2 Å². The second kappa shape index (κ2) is 10.6. The van der Waals surface area contributed by atoms with Crippen molar-refractivity contribution in [2.75, 3.05) is 18.5 Å². The second-order valence-corrected chi connectivity index (χ2v) is 9.45. The highest BCUT2D eigenvalue weighted by Gasteiger charge is 2.19. The van der Waals surface area contributed by atoms with E-state index in [4.69, 9.17) is 37.4 Å². The maximum absolute atomic E-state index is 12.5. The lowest BCUT2D eigenvalue weighted by molar-refractivity contribution is 0.0970. The van der Waals surface area contributed by atoms with E-state index in [1.165, 1.54) is 12.1 Å². The van der Waals surface area contributed by atoms with E-state index in [1.54, 1.807) is 56.8 Å². The summed E-state index contributed by atoms with van der Waals surface area (Å²) in [6, 6.07) is 12.2. The number of nitrogens with one attached hydrogen (secondary N) is 1. The molecule has 2 heterocycles. The topological polar surface area (TPSA) is 90.0 Å². The number of anilines is 1. The number of rotatable bonds is 6. The van der Waals surface area contributed by atoms with Crippen molar-refractivity contribution in [2.45, 2.75) is 0 Å². The molecule has 0 saturated heterocycles. The number of pyridine rings is 1. The van der Waals surface area contributed by atoms with Crippen molar-refractivity contribution in [1.29, 1.82) is 0 Å². The molecule has 4 rings (SSSR count). The van der Waals surface area contributed by atoms with Crippen molar-refractivity contribution < 1.29 is 23.8 Å². The zero-order valence-electron chi connectivity index (χ0n) is 18.2. The van der Waals surface area contributed by atoms with Gasteiger partial charge in [-0.15, -0.1) is 11.3 Å². The molecule has 1 N–H and O–H groups in total. The van der Waals surface area contributed by atoms with Crippen LogP contribution in [0.15, 0.2) is 54.7 Å². The highest BCUT2D eigenvalue weighted by atomic mass is 35.5. The Bertz CT molecular complexity index is 1430. The SMILES string of the molecule is COc1cc2nccc(Oc3ccc(N(S)C(=O)NC(=O)c4ccc(Cl)s4)cc3Cl)c2cc1OC. The first-order chi connectivity index (χ1) is 16.8. The molecular weight excluding hydrogens is 533 g/mol. The molecule has 0 aliphatic carbocycles. The number of nitrogens with zero attached hydrogens (tertiary/aromatic N) is 2. The summed E-state index contributed by atoms with van der Waals surface area (Å²) >= 11 is 17.5. The zero-order valence-corrected chi connectivity index (χ0v) is 21.5. The van der Waals surface area contributed by atoms with Crippen LogP contribution in [0.5, 0.6) is 23.0 Å². The minimum atomic E-state index is -0.756. The molecule has 8 nitrogen and oxygen atoms in total. The van der Waals surface area contributed by atoms with Crippen molar-refractivity contribution in [3.05, 3.63) is 69.0 Å². The number of carbonyl (C=O) groups is 2. The highest BCUT2D eigenvalue weighted by Crippen LogP contribution is 2.39. The van der Waals surface area contributed by atoms with E-state index in [1.807, 2.05) is 0 Å². The fraction of sp³-hybridized carbons (Fsp3) is 0.0870. The van der Waals surface area contributed by atoms with Gasteiger partial charge in [-0.3, -0.25) is 15.1 Å². The first kappa shape index (κ1) is 24.9.